The summed E-state index contributed by atoms with van der Waals surface area (Å²) in [5.41, 5.74) is 0.00885. The van der Waals surface area contributed by atoms with E-state index in [1.165, 1.54) is 5.38 Å². The molecule has 1 aromatic rings. The van der Waals surface area contributed by atoms with Gasteiger partial charge in [0.15, 0.2) is 0 Å². The highest BCUT2D eigenvalue weighted by Crippen LogP contribution is 2.34. The molecule has 0 aliphatic heterocycles. The fourth-order valence-corrected chi connectivity index (χ4v) is 2.23. The van der Waals surface area contributed by atoms with Gasteiger partial charge in [0.25, 0.3) is 0 Å². The highest BCUT2D eigenvalue weighted by atomic mass is 32.1. The molecule has 1 aromatic heterocycles. The molecule has 0 aromatic carbocycles. The van der Waals surface area contributed by atoms with E-state index in [2.05, 4.69) is 0 Å². The summed E-state index contributed by atoms with van der Waals surface area (Å²) in [5, 5.41) is 2.81. The molecular weight excluding hydrogens is 209 g/mol. The van der Waals surface area contributed by atoms with Gasteiger partial charge in [0, 0.05) is 5.38 Å². The highest BCUT2D eigenvalue weighted by molar-refractivity contribution is 7.08. The van der Waals surface area contributed by atoms with Crippen molar-refractivity contribution in [2.24, 2.45) is 0 Å². The van der Waals surface area contributed by atoms with Crippen molar-refractivity contribution in [3.8, 4) is 0 Å². The molecule has 1 heterocycles. The maximum atomic E-state index is 12.4. The molecule has 0 saturated carbocycles. The number of halogens is 3. The molecule has 80 valence electrons. The zero-order valence-corrected chi connectivity index (χ0v) is 8.84. The predicted octanol–water partition coefficient (Wildman–Crippen LogP) is 4.50. The van der Waals surface area contributed by atoms with Crippen molar-refractivity contribution in [2.45, 2.75) is 38.8 Å². The van der Waals surface area contributed by atoms with Crippen LogP contribution in [-0.4, -0.2) is 0 Å². The summed E-state index contributed by atoms with van der Waals surface area (Å²) in [6, 6.07) is 0. The first-order valence-electron chi connectivity index (χ1n) is 4.68. The Morgan fingerprint density at radius 1 is 1.21 bits per heavy atom. The molecule has 4 heteroatoms. The Kier molecular flexibility index (Phi) is 3.98. The lowest BCUT2D eigenvalue weighted by Crippen LogP contribution is -2.06. The second-order valence-corrected chi connectivity index (χ2v) is 4.01. The van der Waals surface area contributed by atoms with E-state index in [0.29, 0.717) is 12.0 Å². The summed E-state index contributed by atoms with van der Waals surface area (Å²) in [6.45, 7) is 2.04. The second-order valence-electron chi connectivity index (χ2n) is 3.27. The summed E-state index contributed by atoms with van der Waals surface area (Å²) < 4.78 is 37.2. The minimum atomic E-state index is -4.18. The first kappa shape index (κ1) is 11.6. The Morgan fingerprint density at radius 2 is 1.93 bits per heavy atom. The lowest BCUT2D eigenvalue weighted by molar-refractivity contribution is -0.137. The molecule has 0 radical (unpaired) electrons. The minimum absolute atomic E-state index is 0.446. The number of alkyl halides is 3. The zero-order chi connectivity index (χ0) is 10.6. The summed E-state index contributed by atoms with van der Waals surface area (Å²) in [6.07, 6.45) is -0.761. The Hall–Kier alpha value is -0.510. The summed E-state index contributed by atoms with van der Waals surface area (Å²) in [4.78, 5) is 0. The lowest BCUT2D eigenvalue weighted by atomic mass is 10.1. The molecule has 14 heavy (non-hydrogen) atoms. The molecule has 0 fully saturated rings. The van der Waals surface area contributed by atoms with Crippen molar-refractivity contribution < 1.29 is 13.2 Å². The van der Waals surface area contributed by atoms with Gasteiger partial charge in [-0.25, -0.2) is 0 Å². The number of unbranched alkanes of at least 4 members (excludes halogenated alkanes) is 2. The zero-order valence-electron chi connectivity index (χ0n) is 8.03. The van der Waals surface area contributed by atoms with E-state index in [0.717, 1.165) is 30.6 Å². The van der Waals surface area contributed by atoms with Crippen LogP contribution in [0, 0.1) is 0 Å². The number of hydrogen-bond acceptors (Lipinski definition) is 1. The van der Waals surface area contributed by atoms with Crippen molar-refractivity contribution in [2.75, 3.05) is 0 Å². The van der Waals surface area contributed by atoms with Crippen LogP contribution in [-0.2, 0) is 12.6 Å². The standard InChI is InChI=1S/C10H13F3S/c1-2-3-4-5-8-6-14-7-9(8)10(11,12)13/h6-7H,2-5H2,1H3. The van der Waals surface area contributed by atoms with E-state index in [-0.39, 0.29) is 0 Å². The van der Waals surface area contributed by atoms with Gasteiger partial charge in [-0.2, -0.15) is 24.5 Å². The van der Waals surface area contributed by atoms with Crippen LogP contribution in [0.5, 0.6) is 0 Å². The van der Waals surface area contributed by atoms with Crippen LogP contribution in [0.25, 0.3) is 0 Å². The quantitative estimate of drug-likeness (QED) is 0.658. The summed E-state index contributed by atoms with van der Waals surface area (Å²) >= 11 is 1.13. The molecule has 0 atom stereocenters. The number of thiophene rings is 1. The molecule has 0 spiro atoms. The number of aryl methyl sites for hydroxylation is 1. The highest BCUT2D eigenvalue weighted by Gasteiger charge is 2.33. The molecule has 0 aliphatic rings. The largest absolute Gasteiger partial charge is 0.417 e. The van der Waals surface area contributed by atoms with Crippen LogP contribution >= 0.6 is 11.3 Å². The molecule has 0 aliphatic carbocycles. The van der Waals surface area contributed by atoms with Gasteiger partial charge in [0.2, 0.25) is 0 Å². The van der Waals surface area contributed by atoms with Crippen molar-refractivity contribution in [1.29, 1.82) is 0 Å². The lowest BCUT2D eigenvalue weighted by Gasteiger charge is -2.07. The van der Waals surface area contributed by atoms with Gasteiger partial charge in [-0.3, -0.25) is 0 Å². The van der Waals surface area contributed by atoms with E-state index in [1.807, 2.05) is 6.92 Å². The third kappa shape index (κ3) is 3.01. The Bertz CT molecular complexity index is 275. The second kappa shape index (κ2) is 4.82. The molecule has 0 nitrogen and oxygen atoms in total. The van der Waals surface area contributed by atoms with Crippen LogP contribution in [0.3, 0.4) is 0 Å². The predicted molar refractivity (Wildman–Crippen MR) is 52.6 cm³/mol. The average Bonchev–Trinajstić information content (AvgIpc) is 2.52. The van der Waals surface area contributed by atoms with Gasteiger partial charge in [0.1, 0.15) is 0 Å². The van der Waals surface area contributed by atoms with Crippen LogP contribution in [0.2, 0.25) is 0 Å². The first-order valence-corrected chi connectivity index (χ1v) is 5.62. The van der Waals surface area contributed by atoms with Crippen LogP contribution in [0.4, 0.5) is 13.2 Å². The van der Waals surface area contributed by atoms with Crippen molar-refractivity contribution in [3.63, 3.8) is 0 Å². The minimum Gasteiger partial charge on any atom is -0.166 e. The average molecular weight is 222 g/mol. The van der Waals surface area contributed by atoms with E-state index in [4.69, 9.17) is 0 Å². The normalized spacial score (nSPS) is 12.0. The fraction of sp³-hybridized carbons (Fsp3) is 0.600. The molecule has 0 bridgehead atoms. The smallest absolute Gasteiger partial charge is 0.166 e. The molecule has 0 saturated heterocycles. The van der Waals surface area contributed by atoms with E-state index < -0.39 is 11.7 Å². The summed E-state index contributed by atoms with van der Waals surface area (Å²) in [5.74, 6) is 0. The molecule has 0 N–H and O–H groups in total. The van der Waals surface area contributed by atoms with Gasteiger partial charge >= 0.3 is 6.18 Å². The summed E-state index contributed by atoms with van der Waals surface area (Å²) in [7, 11) is 0. The maximum Gasteiger partial charge on any atom is 0.417 e. The Labute approximate surface area is 85.8 Å². The van der Waals surface area contributed by atoms with E-state index >= 15 is 0 Å². The van der Waals surface area contributed by atoms with Gasteiger partial charge in [0.05, 0.1) is 5.56 Å². The molecule has 0 amide bonds. The Balaban J connectivity index is 2.63. The monoisotopic (exact) mass is 222 g/mol. The van der Waals surface area contributed by atoms with Crippen molar-refractivity contribution >= 4 is 11.3 Å². The molecular formula is C10H13F3S. The van der Waals surface area contributed by atoms with Gasteiger partial charge in [-0.15, -0.1) is 0 Å². The number of hydrogen-bond donors (Lipinski definition) is 0. The number of rotatable bonds is 4. The maximum absolute atomic E-state index is 12.4. The SMILES string of the molecule is CCCCCc1cscc1C(F)(F)F. The third-order valence-electron chi connectivity index (χ3n) is 2.10. The van der Waals surface area contributed by atoms with Gasteiger partial charge in [-0.1, -0.05) is 19.8 Å². The Morgan fingerprint density at radius 3 is 2.50 bits per heavy atom. The first-order chi connectivity index (χ1) is 6.55. The third-order valence-corrected chi connectivity index (χ3v) is 2.89. The van der Waals surface area contributed by atoms with Crippen molar-refractivity contribution in [1.82, 2.24) is 0 Å². The van der Waals surface area contributed by atoms with Crippen LogP contribution in [0.15, 0.2) is 10.8 Å². The van der Waals surface area contributed by atoms with Gasteiger partial charge in [-0.05, 0) is 23.8 Å². The molecule has 1 rings (SSSR count). The fourth-order valence-electron chi connectivity index (χ4n) is 1.33. The van der Waals surface area contributed by atoms with E-state index in [9.17, 15) is 13.2 Å². The van der Waals surface area contributed by atoms with Gasteiger partial charge < -0.3 is 0 Å². The molecule has 0 unspecified atom stereocenters. The van der Waals surface area contributed by atoms with E-state index in [1.54, 1.807) is 5.38 Å². The topological polar surface area (TPSA) is 0 Å². The van der Waals surface area contributed by atoms with Crippen molar-refractivity contribution in [3.05, 3.63) is 21.9 Å². The van der Waals surface area contributed by atoms with Crippen LogP contribution in [0.1, 0.15) is 37.3 Å². The van der Waals surface area contributed by atoms with Crippen LogP contribution < -0.4 is 0 Å².